The third-order valence-electron chi connectivity index (χ3n) is 6.03. The molecule has 0 N–H and O–H groups in total. The third-order valence-corrected chi connectivity index (χ3v) is 6.35. The molecular weight excluding hydrogens is 456 g/mol. The Hall–Kier alpha value is -3.97. The minimum absolute atomic E-state index is 0.0812. The average Bonchev–Trinajstić information content (AvgIpc) is 3.11. The molecule has 0 aliphatic carbocycles. The van der Waals surface area contributed by atoms with E-state index < -0.39 is 24.4 Å². The molecule has 0 spiro atoms. The standard InChI is InChI=1S/C26H19ClN2O5/c27-21-7-3-4-8-22(21)29-24(31)19-10-9-17(13-20(19)25(29)32)26(33)34-15-23(30)28-12-11-16-5-1-2-6-18(16)14-28/h1-10,13H,11-12,14-15H2. The number of hydrogen-bond acceptors (Lipinski definition) is 5. The second-order valence-corrected chi connectivity index (χ2v) is 8.47. The number of carbonyl (C=O) groups excluding carboxylic acids is 4. The summed E-state index contributed by atoms with van der Waals surface area (Å²) in [5.74, 6) is -2.13. The van der Waals surface area contributed by atoms with E-state index in [0.29, 0.717) is 13.1 Å². The highest BCUT2D eigenvalue weighted by Gasteiger charge is 2.38. The highest BCUT2D eigenvalue weighted by atomic mass is 35.5. The van der Waals surface area contributed by atoms with Gasteiger partial charge in [-0.3, -0.25) is 14.4 Å². The number of esters is 1. The van der Waals surface area contributed by atoms with Crippen LogP contribution in [0, 0.1) is 0 Å². The first-order chi connectivity index (χ1) is 16.4. The van der Waals surface area contributed by atoms with Crippen LogP contribution >= 0.6 is 11.6 Å². The molecule has 5 rings (SSSR count). The number of halogens is 1. The van der Waals surface area contributed by atoms with Gasteiger partial charge in [-0.1, -0.05) is 48.0 Å². The monoisotopic (exact) mass is 474 g/mol. The fourth-order valence-corrected chi connectivity index (χ4v) is 4.45. The smallest absolute Gasteiger partial charge is 0.338 e. The van der Waals surface area contributed by atoms with E-state index in [1.54, 1.807) is 29.2 Å². The Morgan fingerprint density at radius 2 is 1.59 bits per heavy atom. The third kappa shape index (κ3) is 3.84. The average molecular weight is 475 g/mol. The van der Waals surface area contributed by atoms with E-state index in [0.717, 1.165) is 16.9 Å². The molecule has 2 aliphatic heterocycles. The number of anilines is 1. The van der Waals surface area contributed by atoms with Crippen LogP contribution in [0.3, 0.4) is 0 Å². The predicted molar refractivity (Wildman–Crippen MR) is 125 cm³/mol. The predicted octanol–water partition coefficient (Wildman–Crippen LogP) is 3.88. The number of carbonyl (C=O) groups is 4. The molecule has 170 valence electrons. The molecule has 0 fully saturated rings. The molecule has 0 aromatic heterocycles. The van der Waals surface area contributed by atoms with Crippen LogP contribution in [0.2, 0.25) is 5.02 Å². The molecule has 7 nitrogen and oxygen atoms in total. The van der Waals surface area contributed by atoms with Gasteiger partial charge in [0.05, 0.1) is 27.4 Å². The zero-order chi connectivity index (χ0) is 23.8. The molecule has 0 unspecified atom stereocenters. The Bertz CT molecular complexity index is 1350. The van der Waals surface area contributed by atoms with Crippen molar-refractivity contribution in [2.75, 3.05) is 18.1 Å². The Kier molecular flexibility index (Phi) is 5.63. The summed E-state index contributed by atoms with van der Waals surface area (Å²) in [5.41, 5.74) is 2.90. The number of benzene rings is 3. The van der Waals surface area contributed by atoms with Gasteiger partial charge in [-0.05, 0) is 47.9 Å². The Morgan fingerprint density at radius 3 is 2.38 bits per heavy atom. The fraction of sp³-hybridized carbons (Fsp3) is 0.154. The van der Waals surface area contributed by atoms with Gasteiger partial charge in [0.15, 0.2) is 6.61 Å². The van der Waals surface area contributed by atoms with E-state index in [2.05, 4.69) is 0 Å². The van der Waals surface area contributed by atoms with Crippen molar-refractivity contribution in [2.45, 2.75) is 13.0 Å². The highest BCUT2D eigenvalue weighted by molar-refractivity contribution is 6.39. The summed E-state index contributed by atoms with van der Waals surface area (Å²) >= 11 is 6.17. The normalized spacial score (nSPS) is 14.6. The van der Waals surface area contributed by atoms with Gasteiger partial charge in [-0.15, -0.1) is 0 Å². The van der Waals surface area contributed by atoms with Gasteiger partial charge in [0.2, 0.25) is 0 Å². The molecule has 3 aromatic rings. The van der Waals surface area contributed by atoms with Crippen LogP contribution in [0.5, 0.6) is 0 Å². The summed E-state index contributed by atoms with van der Waals surface area (Å²) in [6, 6.07) is 18.6. The summed E-state index contributed by atoms with van der Waals surface area (Å²) in [7, 11) is 0. The summed E-state index contributed by atoms with van der Waals surface area (Å²) in [6.07, 6.45) is 0.749. The van der Waals surface area contributed by atoms with Crippen LogP contribution in [0.1, 0.15) is 42.2 Å². The summed E-state index contributed by atoms with van der Waals surface area (Å²) in [4.78, 5) is 53.6. The number of nitrogens with zero attached hydrogens (tertiary/aromatic N) is 2. The van der Waals surface area contributed by atoms with Crippen molar-refractivity contribution < 1.29 is 23.9 Å². The van der Waals surface area contributed by atoms with Crippen LogP contribution in [0.4, 0.5) is 5.69 Å². The molecule has 0 atom stereocenters. The molecule has 0 saturated heterocycles. The lowest BCUT2D eigenvalue weighted by molar-refractivity contribution is -0.135. The maximum absolute atomic E-state index is 12.9. The lowest BCUT2D eigenvalue weighted by Gasteiger charge is -2.28. The van der Waals surface area contributed by atoms with Crippen molar-refractivity contribution in [3.8, 4) is 0 Å². The molecule has 8 heteroatoms. The molecule has 2 aliphatic rings. The molecule has 3 aromatic carbocycles. The van der Waals surface area contributed by atoms with Crippen LogP contribution in [0.25, 0.3) is 0 Å². The Labute approximate surface area is 200 Å². The van der Waals surface area contributed by atoms with Gasteiger partial charge < -0.3 is 9.64 Å². The maximum Gasteiger partial charge on any atom is 0.338 e. The Morgan fingerprint density at radius 1 is 0.882 bits per heavy atom. The summed E-state index contributed by atoms with van der Waals surface area (Å²) < 4.78 is 5.22. The van der Waals surface area contributed by atoms with Gasteiger partial charge in [-0.2, -0.15) is 0 Å². The van der Waals surface area contributed by atoms with E-state index in [-0.39, 0.29) is 33.3 Å². The second-order valence-electron chi connectivity index (χ2n) is 8.07. The quantitative estimate of drug-likeness (QED) is 0.423. The first kappa shape index (κ1) is 21.9. The van der Waals surface area contributed by atoms with Gasteiger partial charge in [0.1, 0.15) is 0 Å². The van der Waals surface area contributed by atoms with Crippen molar-refractivity contribution in [2.24, 2.45) is 0 Å². The first-order valence-electron chi connectivity index (χ1n) is 10.7. The van der Waals surface area contributed by atoms with Gasteiger partial charge in [0, 0.05) is 13.1 Å². The van der Waals surface area contributed by atoms with E-state index >= 15 is 0 Å². The molecule has 2 heterocycles. The first-order valence-corrected chi connectivity index (χ1v) is 11.1. The van der Waals surface area contributed by atoms with Crippen molar-refractivity contribution in [1.29, 1.82) is 0 Å². The SMILES string of the molecule is O=C(OCC(=O)N1CCc2ccccc2C1)c1ccc2c(c1)C(=O)N(c1ccccc1Cl)C2=O. The largest absolute Gasteiger partial charge is 0.452 e. The van der Waals surface area contributed by atoms with E-state index in [1.165, 1.54) is 23.8 Å². The van der Waals surface area contributed by atoms with Crippen LogP contribution in [-0.2, 0) is 22.5 Å². The Balaban J connectivity index is 1.27. The van der Waals surface area contributed by atoms with E-state index in [9.17, 15) is 19.2 Å². The van der Waals surface area contributed by atoms with Crippen LogP contribution in [0.15, 0.2) is 66.7 Å². The lowest BCUT2D eigenvalue weighted by Crippen LogP contribution is -2.38. The number of amides is 3. The summed E-state index contributed by atoms with van der Waals surface area (Å²) in [6.45, 7) is 0.622. The fourth-order valence-electron chi connectivity index (χ4n) is 4.23. The van der Waals surface area contributed by atoms with Crippen molar-refractivity contribution in [3.63, 3.8) is 0 Å². The van der Waals surface area contributed by atoms with E-state index in [4.69, 9.17) is 16.3 Å². The van der Waals surface area contributed by atoms with Crippen LogP contribution < -0.4 is 4.90 Å². The molecular formula is C26H19ClN2O5. The minimum Gasteiger partial charge on any atom is -0.452 e. The zero-order valence-corrected chi connectivity index (χ0v) is 18.7. The van der Waals surface area contributed by atoms with Gasteiger partial charge >= 0.3 is 5.97 Å². The molecule has 0 radical (unpaired) electrons. The number of para-hydroxylation sites is 1. The van der Waals surface area contributed by atoms with Gasteiger partial charge in [-0.25, -0.2) is 9.69 Å². The number of hydrogen-bond donors (Lipinski definition) is 0. The number of ether oxygens (including phenoxy) is 1. The number of imide groups is 1. The molecule has 0 saturated carbocycles. The highest BCUT2D eigenvalue weighted by Crippen LogP contribution is 2.33. The van der Waals surface area contributed by atoms with E-state index in [1.807, 2.05) is 24.3 Å². The molecule has 3 amide bonds. The van der Waals surface area contributed by atoms with Gasteiger partial charge in [0.25, 0.3) is 17.7 Å². The van der Waals surface area contributed by atoms with Crippen molar-refractivity contribution in [1.82, 2.24) is 4.90 Å². The second kappa shape index (κ2) is 8.76. The molecule has 34 heavy (non-hydrogen) atoms. The lowest BCUT2D eigenvalue weighted by atomic mass is 10.00. The summed E-state index contributed by atoms with van der Waals surface area (Å²) in [5, 5.41) is 0.260. The maximum atomic E-state index is 12.9. The topological polar surface area (TPSA) is 84.0 Å². The van der Waals surface area contributed by atoms with Crippen molar-refractivity contribution in [3.05, 3.63) is 99.6 Å². The minimum atomic E-state index is -0.745. The van der Waals surface area contributed by atoms with Crippen LogP contribution in [-0.4, -0.2) is 41.7 Å². The number of fused-ring (bicyclic) bond motifs is 2. The van der Waals surface area contributed by atoms with Crippen molar-refractivity contribution >= 4 is 41.0 Å². The molecule has 0 bridgehead atoms. The number of rotatable bonds is 4. The zero-order valence-electron chi connectivity index (χ0n) is 18.0.